The molecule has 34 heavy (non-hydrogen) atoms. The Balaban J connectivity index is 1.36. The predicted molar refractivity (Wildman–Crippen MR) is 131 cm³/mol. The molecule has 1 saturated heterocycles. The van der Waals surface area contributed by atoms with Crippen molar-refractivity contribution in [2.24, 2.45) is 5.92 Å². The second-order valence-electron chi connectivity index (χ2n) is 9.22. The molecule has 0 radical (unpaired) electrons. The summed E-state index contributed by atoms with van der Waals surface area (Å²) in [6.45, 7) is 7.37. The number of carbonyl (C=O) groups excluding carboxylic acids is 2. The van der Waals surface area contributed by atoms with E-state index < -0.39 is 6.09 Å². The van der Waals surface area contributed by atoms with Gasteiger partial charge in [-0.25, -0.2) is 9.59 Å². The second kappa shape index (κ2) is 12.9. The summed E-state index contributed by atoms with van der Waals surface area (Å²) in [5, 5.41) is 2.91. The number of para-hydroxylation sites is 1. The van der Waals surface area contributed by atoms with E-state index in [1.807, 2.05) is 37.3 Å². The molecular weight excluding hydrogens is 432 g/mol. The Hall–Kier alpha value is -3.22. The van der Waals surface area contributed by atoms with E-state index in [2.05, 4.69) is 19.2 Å². The Morgan fingerprint density at radius 3 is 2.18 bits per heavy atom. The maximum Gasteiger partial charge on any atom is 0.415 e. The SMILES string of the molecule is CC(C)CCCC(C)NC(=O)OC1CCN(C(=O)Oc2ccc(Oc3ccccc3)cc2)CC1. The zero-order valence-corrected chi connectivity index (χ0v) is 20.4. The molecule has 0 aliphatic carbocycles. The second-order valence-corrected chi connectivity index (χ2v) is 9.22. The van der Waals surface area contributed by atoms with Crippen LogP contribution >= 0.6 is 0 Å². The normalized spacial score (nSPS) is 15.0. The van der Waals surface area contributed by atoms with Gasteiger partial charge in [0.1, 0.15) is 23.4 Å². The quantitative estimate of drug-likeness (QED) is 0.462. The highest BCUT2D eigenvalue weighted by Crippen LogP contribution is 2.24. The number of rotatable bonds is 9. The van der Waals surface area contributed by atoms with Crippen LogP contribution in [0.5, 0.6) is 17.2 Å². The Bertz CT molecular complexity index is 893. The summed E-state index contributed by atoms with van der Waals surface area (Å²) in [4.78, 5) is 26.3. The zero-order chi connectivity index (χ0) is 24.3. The first kappa shape index (κ1) is 25.4. The third kappa shape index (κ3) is 8.61. The number of ether oxygens (including phenoxy) is 3. The van der Waals surface area contributed by atoms with Gasteiger partial charge in [-0.1, -0.05) is 44.9 Å². The summed E-state index contributed by atoms with van der Waals surface area (Å²) in [5.74, 6) is 2.53. The van der Waals surface area contributed by atoms with Crippen LogP contribution < -0.4 is 14.8 Å². The van der Waals surface area contributed by atoms with Crippen LogP contribution in [0.2, 0.25) is 0 Å². The predicted octanol–water partition coefficient (Wildman–Crippen LogP) is 6.38. The zero-order valence-electron chi connectivity index (χ0n) is 20.4. The van der Waals surface area contributed by atoms with Crippen molar-refractivity contribution in [1.29, 1.82) is 0 Å². The number of hydrogen-bond acceptors (Lipinski definition) is 5. The fourth-order valence-corrected chi connectivity index (χ4v) is 3.81. The maximum atomic E-state index is 12.5. The number of amides is 2. The summed E-state index contributed by atoms with van der Waals surface area (Å²) in [7, 11) is 0. The molecule has 1 fully saturated rings. The van der Waals surface area contributed by atoms with E-state index in [1.165, 1.54) is 0 Å². The lowest BCUT2D eigenvalue weighted by molar-refractivity contribution is 0.0510. The molecule has 2 aromatic carbocycles. The lowest BCUT2D eigenvalue weighted by Crippen LogP contribution is -2.44. The van der Waals surface area contributed by atoms with Gasteiger partial charge in [0.05, 0.1) is 0 Å². The molecule has 1 heterocycles. The molecule has 1 atom stereocenters. The van der Waals surface area contributed by atoms with Crippen LogP contribution in [0.15, 0.2) is 54.6 Å². The van der Waals surface area contributed by atoms with Crippen LogP contribution in [0, 0.1) is 5.92 Å². The topological polar surface area (TPSA) is 77.1 Å². The van der Waals surface area contributed by atoms with Gasteiger partial charge in [0, 0.05) is 32.0 Å². The van der Waals surface area contributed by atoms with Crippen molar-refractivity contribution in [2.75, 3.05) is 13.1 Å². The first-order valence-corrected chi connectivity index (χ1v) is 12.2. The van der Waals surface area contributed by atoms with Gasteiger partial charge in [-0.2, -0.15) is 0 Å². The van der Waals surface area contributed by atoms with Crippen molar-refractivity contribution >= 4 is 12.2 Å². The van der Waals surface area contributed by atoms with Crippen molar-refractivity contribution < 1.29 is 23.8 Å². The molecule has 2 aromatic rings. The van der Waals surface area contributed by atoms with E-state index in [-0.39, 0.29) is 18.2 Å². The molecule has 1 aliphatic rings. The van der Waals surface area contributed by atoms with Crippen molar-refractivity contribution in [3.63, 3.8) is 0 Å². The van der Waals surface area contributed by atoms with Crippen LogP contribution in [0.3, 0.4) is 0 Å². The van der Waals surface area contributed by atoms with Crippen LogP contribution in [0.4, 0.5) is 9.59 Å². The number of piperidine rings is 1. The smallest absolute Gasteiger partial charge is 0.415 e. The number of benzene rings is 2. The van der Waals surface area contributed by atoms with E-state index in [4.69, 9.17) is 14.2 Å². The maximum absolute atomic E-state index is 12.5. The minimum absolute atomic E-state index is 0.0887. The summed E-state index contributed by atoms with van der Waals surface area (Å²) >= 11 is 0. The first-order valence-electron chi connectivity index (χ1n) is 12.2. The molecule has 7 nitrogen and oxygen atoms in total. The fraction of sp³-hybridized carbons (Fsp3) is 0.481. The molecule has 0 saturated carbocycles. The molecule has 0 bridgehead atoms. The van der Waals surface area contributed by atoms with E-state index in [0.29, 0.717) is 43.3 Å². The van der Waals surface area contributed by atoms with Gasteiger partial charge in [0.2, 0.25) is 0 Å². The number of alkyl carbamates (subject to hydrolysis) is 1. The standard InChI is InChI=1S/C27H36N2O5/c1-20(2)8-7-9-21(3)28-26(30)33-25-16-18-29(19-17-25)27(31)34-24-14-12-23(13-15-24)32-22-10-5-4-6-11-22/h4-6,10-15,20-21,25H,7-9,16-19H2,1-3H3,(H,28,30). The Labute approximate surface area is 202 Å². The van der Waals surface area contributed by atoms with E-state index in [0.717, 1.165) is 25.0 Å². The molecule has 0 aromatic heterocycles. The van der Waals surface area contributed by atoms with Crippen molar-refractivity contribution in [1.82, 2.24) is 10.2 Å². The molecule has 2 amide bonds. The van der Waals surface area contributed by atoms with Gasteiger partial charge in [0.25, 0.3) is 0 Å². The summed E-state index contributed by atoms with van der Waals surface area (Å²) in [6, 6.07) is 16.5. The average Bonchev–Trinajstić information content (AvgIpc) is 2.81. The van der Waals surface area contributed by atoms with Crippen molar-refractivity contribution in [3.8, 4) is 17.2 Å². The van der Waals surface area contributed by atoms with Crippen molar-refractivity contribution in [2.45, 2.75) is 65.0 Å². The highest BCUT2D eigenvalue weighted by Gasteiger charge is 2.26. The lowest BCUT2D eigenvalue weighted by atomic mass is 10.0. The van der Waals surface area contributed by atoms with Crippen LogP contribution in [0.1, 0.15) is 52.9 Å². The minimum Gasteiger partial charge on any atom is -0.457 e. The number of nitrogens with one attached hydrogen (secondary N) is 1. The van der Waals surface area contributed by atoms with Gasteiger partial charge in [-0.3, -0.25) is 0 Å². The first-order chi connectivity index (χ1) is 16.4. The molecular formula is C27H36N2O5. The van der Waals surface area contributed by atoms with Gasteiger partial charge >= 0.3 is 12.2 Å². The molecule has 184 valence electrons. The number of hydrogen-bond donors (Lipinski definition) is 1. The van der Waals surface area contributed by atoms with Crippen molar-refractivity contribution in [3.05, 3.63) is 54.6 Å². The Morgan fingerprint density at radius 2 is 1.53 bits per heavy atom. The summed E-state index contributed by atoms with van der Waals surface area (Å²) in [6.07, 6.45) is 3.39. The Kier molecular flexibility index (Phi) is 9.62. The molecule has 7 heteroatoms. The molecule has 3 rings (SSSR count). The number of carbonyl (C=O) groups is 2. The average molecular weight is 469 g/mol. The highest BCUT2D eigenvalue weighted by atomic mass is 16.6. The monoisotopic (exact) mass is 468 g/mol. The third-order valence-corrected chi connectivity index (χ3v) is 5.76. The van der Waals surface area contributed by atoms with Gasteiger partial charge in [-0.05, 0) is 55.7 Å². The van der Waals surface area contributed by atoms with Crippen LogP contribution in [0.25, 0.3) is 0 Å². The van der Waals surface area contributed by atoms with Crippen LogP contribution in [-0.2, 0) is 4.74 Å². The number of nitrogens with zero attached hydrogens (tertiary/aromatic N) is 1. The number of likely N-dealkylation sites (tertiary alicyclic amines) is 1. The van der Waals surface area contributed by atoms with Gasteiger partial charge in [0.15, 0.2) is 0 Å². The Morgan fingerprint density at radius 1 is 0.912 bits per heavy atom. The van der Waals surface area contributed by atoms with E-state index in [9.17, 15) is 9.59 Å². The molecule has 1 N–H and O–H groups in total. The minimum atomic E-state index is -0.404. The fourth-order valence-electron chi connectivity index (χ4n) is 3.81. The molecule has 1 unspecified atom stereocenters. The molecule has 0 spiro atoms. The summed E-state index contributed by atoms with van der Waals surface area (Å²) < 4.78 is 16.8. The highest BCUT2D eigenvalue weighted by molar-refractivity contribution is 5.71. The van der Waals surface area contributed by atoms with E-state index >= 15 is 0 Å². The van der Waals surface area contributed by atoms with Gasteiger partial charge < -0.3 is 24.4 Å². The molecule has 1 aliphatic heterocycles. The lowest BCUT2D eigenvalue weighted by Gasteiger charge is -2.31. The summed E-state index contributed by atoms with van der Waals surface area (Å²) in [5.41, 5.74) is 0. The van der Waals surface area contributed by atoms with Crippen LogP contribution in [-0.4, -0.2) is 42.3 Å². The third-order valence-electron chi connectivity index (χ3n) is 5.76. The van der Waals surface area contributed by atoms with E-state index in [1.54, 1.807) is 29.2 Å². The van der Waals surface area contributed by atoms with Gasteiger partial charge in [-0.15, -0.1) is 0 Å². The largest absolute Gasteiger partial charge is 0.457 e.